The molecule has 0 spiro atoms. The second kappa shape index (κ2) is 10.6. The summed E-state index contributed by atoms with van der Waals surface area (Å²) >= 11 is 0. The standard InChI is InChI=1S/C24H26F3N3O4/c1-4-30(5-2)17-7-8-18-15(3)19(22(31)34-20(18)12-17)10-11-33-23(32)29-14-16-6-9-21(28-13-16)24(25,26)27/h6-9,12-13H,4-5,10-11,14H2,1-3H3,(H,29,32). The molecule has 0 aliphatic rings. The molecule has 0 aliphatic heterocycles. The minimum Gasteiger partial charge on any atom is -0.449 e. The lowest BCUT2D eigenvalue weighted by Gasteiger charge is -2.21. The number of rotatable bonds is 8. The summed E-state index contributed by atoms with van der Waals surface area (Å²) < 4.78 is 48.3. The number of benzene rings is 1. The highest BCUT2D eigenvalue weighted by atomic mass is 19.4. The molecule has 0 saturated heterocycles. The SMILES string of the molecule is CCN(CC)c1ccc2c(C)c(CCOC(=O)NCc3ccc(C(F)(F)F)nc3)c(=O)oc2c1. The molecule has 0 radical (unpaired) electrons. The van der Waals surface area contributed by atoms with Gasteiger partial charge in [0.25, 0.3) is 0 Å². The highest BCUT2D eigenvalue weighted by Crippen LogP contribution is 2.27. The summed E-state index contributed by atoms with van der Waals surface area (Å²) in [5, 5.41) is 3.25. The molecule has 2 aromatic heterocycles. The predicted octanol–water partition coefficient (Wildman–Crippen LogP) is 4.83. The van der Waals surface area contributed by atoms with E-state index in [9.17, 15) is 22.8 Å². The van der Waals surface area contributed by atoms with Crippen LogP contribution in [0.15, 0.2) is 45.7 Å². The maximum Gasteiger partial charge on any atom is 0.433 e. The lowest BCUT2D eigenvalue weighted by atomic mass is 10.0. The molecule has 0 aliphatic carbocycles. The first-order valence-electron chi connectivity index (χ1n) is 10.9. The molecular weight excluding hydrogens is 451 g/mol. The number of carbonyl (C=O) groups is 1. The van der Waals surface area contributed by atoms with Crippen molar-refractivity contribution < 1.29 is 27.1 Å². The average Bonchev–Trinajstić information content (AvgIpc) is 2.80. The molecule has 3 rings (SSSR count). The van der Waals surface area contributed by atoms with E-state index in [2.05, 4.69) is 29.0 Å². The van der Waals surface area contributed by atoms with Crippen LogP contribution in [-0.2, 0) is 23.9 Å². The Balaban J connectivity index is 1.59. The van der Waals surface area contributed by atoms with Gasteiger partial charge in [-0.1, -0.05) is 6.07 Å². The van der Waals surface area contributed by atoms with Gasteiger partial charge in [-0.05, 0) is 50.1 Å². The van der Waals surface area contributed by atoms with Gasteiger partial charge in [-0.15, -0.1) is 0 Å². The number of aromatic nitrogens is 1. The van der Waals surface area contributed by atoms with Crippen LogP contribution in [0, 0.1) is 6.92 Å². The number of alkyl halides is 3. The number of halogens is 3. The Morgan fingerprint density at radius 2 is 1.91 bits per heavy atom. The topological polar surface area (TPSA) is 84.7 Å². The monoisotopic (exact) mass is 477 g/mol. The number of anilines is 1. The first-order chi connectivity index (χ1) is 16.1. The van der Waals surface area contributed by atoms with E-state index in [-0.39, 0.29) is 19.6 Å². The molecule has 1 amide bonds. The Morgan fingerprint density at radius 1 is 1.18 bits per heavy atom. The summed E-state index contributed by atoms with van der Waals surface area (Å²) in [7, 11) is 0. The molecule has 182 valence electrons. The number of aryl methyl sites for hydroxylation is 1. The van der Waals surface area contributed by atoms with Crippen LogP contribution in [0.4, 0.5) is 23.7 Å². The largest absolute Gasteiger partial charge is 0.449 e. The van der Waals surface area contributed by atoms with Crippen molar-refractivity contribution in [2.45, 2.75) is 39.9 Å². The van der Waals surface area contributed by atoms with Crippen molar-refractivity contribution >= 4 is 22.7 Å². The van der Waals surface area contributed by atoms with Crippen molar-refractivity contribution in [1.82, 2.24) is 10.3 Å². The Bertz CT molecular complexity index is 1200. The molecule has 7 nitrogen and oxygen atoms in total. The fraction of sp³-hybridized carbons (Fsp3) is 0.375. The van der Waals surface area contributed by atoms with Crippen LogP contribution >= 0.6 is 0 Å². The van der Waals surface area contributed by atoms with E-state index in [4.69, 9.17) is 9.15 Å². The molecule has 3 aromatic rings. The van der Waals surface area contributed by atoms with Gasteiger partial charge in [-0.2, -0.15) is 13.2 Å². The Morgan fingerprint density at radius 3 is 2.53 bits per heavy atom. The fourth-order valence-electron chi connectivity index (χ4n) is 3.63. The second-order valence-electron chi connectivity index (χ2n) is 7.63. The van der Waals surface area contributed by atoms with Crippen molar-refractivity contribution in [2.75, 3.05) is 24.6 Å². The third-order valence-corrected chi connectivity index (χ3v) is 5.54. The number of carbonyl (C=O) groups excluding carboxylic acids is 1. The Labute approximate surface area is 194 Å². The predicted molar refractivity (Wildman–Crippen MR) is 122 cm³/mol. The molecule has 0 bridgehead atoms. The van der Waals surface area contributed by atoms with Gasteiger partial charge in [-0.25, -0.2) is 9.59 Å². The summed E-state index contributed by atoms with van der Waals surface area (Å²) in [6, 6.07) is 7.81. The number of ether oxygens (including phenoxy) is 1. The van der Waals surface area contributed by atoms with E-state index in [1.54, 1.807) is 0 Å². The first kappa shape index (κ1) is 25.1. The number of nitrogens with zero attached hydrogens (tertiary/aromatic N) is 2. The number of hydrogen-bond donors (Lipinski definition) is 1. The van der Waals surface area contributed by atoms with Gasteiger partial charge in [0.05, 0.1) is 6.61 Å². The highest BCUT2D eigenvalue weighted by Gasteiger charge is 2.32. The summed E-state index contributed by atoms with van der Waals surface area (Å²) in [5.41, 5.74) is 1.55. The molecule has 0 unspecified atom stereocenters. The third kappa shape index (κ3) is 5.86. The van der Waals surface area contributed by atoms with Crippen molar-refractivity contribution in [3.63, 3.8) is 0 Å². The number of amides is 1. The van der Waals surface area contributed by atoms with E-state index in [0.29, 0.717) is 16.7 Å². The number of hydrogen-bond acceptors (Lipinski definition) is 6. The van der Waals surface area contributed by atoms with E-state index in [1.165, 1.54) is 6.07 Å². The van der Waals surface area contributed by atoms with Gasteiger partial charge in [0.2, 0.25) is 0 Å². The summed E-state index contributed by atoms with van der Waals surface area (Å²) in [6.07, 6.45) is -4.08. The molecule has 34 heavy (non-hydrogen) atoms. The average molecular weight is 477 g/mol. The minimum atomic E-state index is -4.52. The van der Waals surface area contributed by atoms with Gasteiger partial charge in [-0.3, -0.25) is 4.98 Å². The van der Waals surface area contributed by atoms with E-state index in [1.807, 2.05) is 25.1 Å². The Kier molecular flexibility index (Phi) is 7.80. The van der Waals surface area contributed by atoms with Gasteiger partial charge in [0.1, 0.15) is 11.3 Å². The second-order valence-corrected chi connectivity index (χ2v) is 7.63. The fourth-order valence-corrected chi connectivity index (χ4v) is 3.63. The van der Waals surface area contributed by atoms with E-state index in [0.717, 1.165) is 42.0 Å². The maximum atomic E-state index is 12.6. The molecule has 1 aromatic carbocycles. The third-order valence-electron chi connectivity index (χ3n) is 5.54. The molecule has 0 atom stereocenters. The van der Waals surface area contributed by atoms with Crippen LogP contribution < -0.4 is 15.8 Å². The normalized spacial score (nSPS) is 11.5. The van der Waals surface area contributed by atoms with Gasteiger partial charge in [0, 0.05) is 55.0 Å². The van der Waals surface area contributed by atoms with Crippen LogP contribution in [0.3, 0.4) is 0 Å². The molecule has 0 saturated carbocycles. The highest BCUT2D eigenvalue weighted by molar-refractivity contribution is 5.84. The zero-order chi connectivity index (χ0) is 24.9. The van der Waals surface area contributed by atoms with Crippen molar-refractivity contribution in [2.24, 2.45) is 0 Å². The van der Waals surface area contributed by atoms with Crippen molar-refractivity contribution in [1.29, 1.82) is 0 Å². The van der Waals surface area contributed by atoms with Gasteiger partial charge < -0.3 is 19.4 Å². The summed E-state index contributed by atoms with van der Waals surface area (Å²) in [5.74, 6) is 0. The van der Waals surface area contributed by atoms with Crippen LogP contribution in [0.5, 0.6) is 0 Å². The molecule has 1 N–H and O–H groups in total. The zero-order valence-corrected chi connectivity index (χ0v) is 19.2. The first-order valence-corrected chi connectivity index (χ1v) is 10.9. The lowest BCUT2D eigenvalue weighted by Crippen LogP contribution is -2.25. The van der Waals surface area contributed by atoms with Crippen LogP contribution in [0.2, 0.25) is 0 Å². The number of nitrogens with one attached hydrogen (secondary N) is 1. The van der Waals surface area contributed by atoms with Crippen LogP contribution in [0.1, 0.15) is 36.2 Å². The Hall–Kier alpha value is -3.56. The van der Waals surface area contributed by atoms with Gasteiger partial charge in [0.15, 0.2) is 0 Å². The minimum absolute atomic E-state index is 0.0457. The summed E-state index contributed by atoms with van der Waals surface area (Å²) in [6.45, 7) is 7.48. The molecule has 10 heteroatoms. The molecular formula is C24H26F3N3O4. The molecule has 2 heterocycles. The van der Waals surface area contributed by atoms with Crippen LogP contribution in [-0.4, -0.2) is 30.8 Å². The van der Waals surface area contributed by atoms with Crippen molar-refractivity contribution in [3.8, 4) is 0 Å². The van der Waals surface area contributed by atoms with Crippen LogP contribution in [0.25, 0.3) is 11.0 Å². The van der Waals surface area contributed by atoms with Crippen molar-refractivity contribution in [3.05, 3.63) is 69.3 Å². The molecule has 0 fully saturated rings. The zero-order valence-electron chi connectivity index (χ0n) is 19.2. The lowest BCUT2D eigenvalue weighted by molar-refractivity contribution is -0.141. The van der Waals surface area contributed by atoms with E-state index >= 15 is 0 Å². The smallest absolute Gasteiger partial charge is 0.433 e. The van der Waals surface area contributed by atoms with Gasteiger partial charge >= 0.3 is 17.9 Å². The number of fused-ring (bicyclic) bond motifs is 1. The number of pyridine rings is 1. The maximum absolute atomic E-state index is 12.6. The van der Waals surface area contributed by atoms with E-state index < -0.39 is 23.6 Å². The summed E-state index contributed by atoms with van der Waals surface area (Å²) in [4.78, 5) is 30.0. The number of alkyl carbamates (subject to hydrolysis) is 1. The quantitative estimate of drug-likeness (QED) is 0.468.